The molecule has 4 saturated carbocycles. The molecular formula is C17H25NS. The van der Waals surface area contributed by atoms with Gasteiger partial charge >= 0.3 is 0 Å². The number of nitrogens with one attached hydrogen (secondary N) is 1. The van der Waals surface area contributed by atoms with E-state index in [1.807, 2.05) is 11.3 Å². The van der Waals surface area contributed by atoms with E-state index < -0.39 is 0 Å². The second-order valence-electron chi connectivity index (χ2n) is 7.50. The van der Waals surface area contributed by atoms with Gasteiger partial charge in [-0.3, -0.25) is 0 Å². The molecule has 1 N–H and O–H groups in total. The predicted octanol–water partition coefficient (Wildman–Crippen LogP) is 4.42. The number of hydrogen-bond acceptors (Lipinski definition) is 2. The van der Waals surface area contributed by atoms with Crippen LogP contribution in [-0.2, 0) is 6.54 Å². The van der Waals surface area contributed by atoms with Crippen LogP contribution in [-0.4, -0.2) is 5.54 Å². The third-order valence-electron chi connectivity index (χ3n) is 5.89. The number of hydrogen-bond donors (Lipinski definition) is 1. The van der Waals surface area contributed by atoms with Gasteiger partial charge in [-0.1, -0.05) is 0 Å². The van der Waals surface area contributed by atoms with Gasteiger partial charge in [0.25, 0.3) is 0 Å². The zero-order valence-electron chi connectivity index (χ0n) is 12.2. The normalized spacial score (nSPS) is 40.0. The first-order valence-corrected chi connectivity index (χ1v) is 8.74. The largest absolute Gasteiger partial charge is 0.306 e. The molecule has 0 atom stereocenters. The van der Waals surface area contributed by atoms with Crippen LogP contribution < -0.4 is 5.32 Å². The molecule has 0 aromatic carbocycles. The molecule has 0 saturated heterocycles. The predicted molar refractivity (Wildman–Crippen MR) is 81.5 cm³/mol. The highest BCUT2D eigenvalue weighted by atomic mass is 32.1. The first-order valence-electron chi connectivity index (χ1n) is 7.93. The Kier molecular flexibility index (Phi) is 2.82. The van der Waals surface area contributed by atoms with Crippen LogP contribution in [0.15, 0.2) is 6.07 Å². The fraction of sp³-hybridized carbons (Fsp3) is 0.765. The van der Waals surface area contributed by atoms with E-state index in [1.54, 1.807) is 0 Å². The van der Waals surface area contributed by atoms with E-state index in [4.69, 9.17) is 0 Å². The Morgan fingerprint density at radius 1 is 1.11 bits per heavy atom. The minimum atomic E-state index is 0.514. The van der Waals surface area contributed by atoms with E-state index in [-0.39, 0.29) is 0 Å². The van der Waals surface area contributed by atoms with Gasteiger partial charge in [-0.05, 0) is 81.8 Å². The van der Waals surface area contributed by atoms with Gasteiger partial charge in [0.05, 0.1) is 0 Å². The maximum absolute atomic E-state index is 3.99. The average molecular weight is 275 g/mol. The third-order valence-corrected chi connectivity index (χ3v) is 7.05. The Morgan fingerprint density at radius 2 is 1.68 bits per heavy atom. The van der Waals surface area contributed by atoms with Crippen LogP contribution >= 0.6 is 11.3 Å². The standard InChI is InChI=1S/C17H25NS/c1-11-3-16(19-12(11)2)10-18-17-7-13-4-14(8-17)6-15(5-13)9-17/h3,13-15,18H,4-10H2,1-2H3. The average Bonchev–Trinajstić information content (AvgIpc) is 2.65. The molecule has 1 nitrogen and oxygen atoms in total. The Morgan fingerprint density at radius 3 is 2.16 bits per heavy atom. The second-order valence-corrected chi connectivity index (χ2v) is 8.84. The Bertz CT molecular complexity index is 433. The first-order chi connectivity index (χ1) is 9.12. The molecule has 19 heavy (non-hydrogen) atoms. The molecule has 0 unspecified atom stereocenters. The van der Waals surface area contributed by atoms with Crippen LogP contribution in [0, 0.1) is 31.6 Å². The zero-order valence-corrected chi connectivity index (χ0v) is 13.0. The lowest BCUT2D eigenvalue weighted by molar-refractivity contribution is -0.0204. The van der Waals surface area contributed by atoms with Crippen molar-refractivity contribution >= 4 is 11.3 Å². The molecular weight excluding hydrogens is 250 g/mol. The molecule has 1 aromatic rings. The van der Waals surface area contributed by atoms with Crippen molar-refractivity contribution < 1.29 is 0 Å². The number of aryl methyl sites for hydroxylation is 2. The van der Waals surface area contributed by atoms with E-state index in [1.165, 1.54) is 53.8 Å². The first kappa shape index (κ1) is 12.4. The highest BCUT2D eigenvalue weighted by Gasteiger charge is 2.50. The quantitative estimate of drug-likeness (QED) is 0.861. The molecule has 4 aliphatic rings. The van der Waals surface area contributed by atoms with Crippen LogP contribution in [0.4, 0.5) is 0 Å². The molecule has 0 amide bonds. The summed E-state index contributed by atoms with van der Waals surface area (Å²) in [6, 6.07) is 2.38. The van der Waals surface area contributed by atoms with Crippen LogP contribution in [0.2, 0.25) is 0 Å². The van der Waals surface area contributed by atoms with Crippen molar-refractivity contribution in [2.24, 2.45) is 17.8 Å². The lowest BCUT2D eigenvalue weighted by atomic mass is 9.53. The fourth-order valence-corrected chi connectivity index (χ4v) is 6.33. The maximum Gasteiger partial charge on any atom is 0.0305 e. The third kappa shape index (κ3) is 2.17. The SMILES string of the molecule is Cc1cc(CNC23CC4CC(CC(C4)C2)C3)sc1C. The number of thiophene rings is 1. The summed E-state index contributed by atoms with van der Waals surface area (Å²) in [5.41, 5.74) is 1.98. The summed E-state index contributed by atoms with van der Waals surface area (Å²) < 4.78 is 0. The zero-order chi connectivity index (χ0) is 13.0. The van der Waals surface area contributed by atoms with Crippen molar-refractivity contribution in [3.8, 4) is 0 Å². The van der Waals surface area contributed by atoms with E-state index in [0.29, 0.717) is 5.54 Å². The van der Waals surface area contributed by atoms with Crippen molar-refractivity contribution in [1.82, 2.24) is 5.32 Å². The Hall–Kier alpha value is -0.340. The van der Waals surface area contributed by atoms with Gasteiger partial charge in [-0.2, -0.15) is 0 Å². The van der Waals surface area contributed by atoms with Crippen LogP contribution in [0.3, 0.4) is 0 Å². The van der Waals surface area contributed by atoms with Gasteiger partial charge in [-0.25, -0.2) is 0 Å². The summed E-state index contributed by atoms with van der Waals surface area (Å²) in [5.74, 6) is 3.14. The van der Waals surface area contributed by atoms with Gasteiger partial charge in [0.2, 0.25) is 0 Å². The summed E-state index contributed by atoms with van der Waals surface area (Å²) in [5, 5.41) is 3.99. The molecule has 2 heteroatoms. The Balaban J connectivity index is 1.47. The van der Waals surface area contributed by atoms with Crippen molar-refractivity contribution in [1.29, 1.82) is 0 Å². The van der Waals surface area contributed by atoms with Crippen molar-refractivity contribution in [2.45, 2.75) is 64.5 Å². The minimum Gasteiger partial charge on any atom is -0.306 e. The summed E-state index contributed by atoms with van der Waals surface area (Å²) >= 11 is 1.98. The van der Waals surface area contributed by atoms with Gasteiger partial charge < -0.3 is 5.32 Å². The van der Waals surface area contributed by atoms with E-state index >= 15 is 0 Å². The molecule has 4 aliphatic carbocycles. The fourth-order valence-electron chi connectivity index (χ4n) is 5.34. The van der Waals surface area contributed by atoms with E-state index in [2.05, 4.69) is 25.2 Å². The highest BCUT2D eigenvalue weighted by molar-refractivity contribution is 7.12. The second kappa shape index (κ2) is 4.33. The summed E-state index contributed by atoms with van der Waals surface area (Å²) in [7, 11) is 0. The summed E-state index contributed by atoms with van der Waals surface area (Å²) in [6.45, 7) is 5.58. The van der Waals surface area contributed by atoms with E-state index in [0.717, 1.165) is 24.3 Å². The topological polar surface area (TPSA) is 12.0 Å². The van der Waals surface area contributed by atoms with Crippen molar-refractivity contribution in [2.75, 3.05) is 0 Å². The molecule has 0 radical (unpaired) electrons. The Labute approximate surface area is 120 Å². The summed E-state index contributed by atoms with van der Waals surface area (Å²) in [6.07, 6.45) is 9.00. The summed E-state index contributed by atoms with van der Waals surface area (Å²) in [4.78, 5) is 3.02. The maximum atomic E-state index is 3.99. The van der Waals surface area contributed by atoms with E-state index in [9.17, 15) is 0 Å². The molecule has 5 rings (SSSR count). The molecule has 0 aliphatic heterocycles. The molecule has 1 heterocycles. The monoisotopic (exact) mass is 275 g/mol. The highest BCUT2D eigenvalue weighted by Crippen LogP contribution is 2.55. The van der Waals surface area contributed by atoms with Crippen molar-refractivity contribution in [3.63, 3.8) is 0 Å². The molecule has 104 valence electrons. The molecule has 1 aromatic heterocycles. The molecule has 4 fully saturated rings. The van der Waals surface area contributed by atoms with Crippen LogP contribution in [0.25, 0.3) is 0 Å². The lowest BCUT2D eigenvalue weighted by Crippen LogP contribution is -2.58. The van der Waals surface area contributed by atoms with Crippen LogP contribution in [0.1, 0.15) is 53.8 Å². The van der Waals surface area contributed by atoms with Gasteiger partial charge in [-0.15, -0.1) is 11.3 Å². The lowest BCUT2D eigenvalue weighted by Gasteiger charge is -2.57. The van der Waals surface area contributed by atoms with Crippen LogP contribution in [0.5, 0.6) is 0 Å². The van der Waals surface area contributed by atoms with Gasteiger partial charge in [0, 0.05) is 21.8 Å². The smallest absolute Gasteiger partial charge is 0.0305 e. The van der Waals surface area contributed by atoms with Gasteiger partial charge in [0.1, 0.15) is 0 Å². The molecule has 0 spiro atoms. The van der Waals surface area contributed by atoms with Gasteiger partial charge in [0.15, 0.2) is 0 Å². The molecule has 4 bridgehead atoms. The number of rotatable bonds is 3. The minimum absolute atomic E-state index is 0.514. The van der Waals surface area contributed by atoms with Crippen molar-refractivity contribution in [3.05, 3.63) is 21.4 Å².